The lowest BCUT2D eigenvalue weighted by atomic mass is 10.1. The molecule has 1 aliphatic heterocycles. The van der Waals surface area contributed by atoms with E-state index in [1.165, 1.54) is 16.4 Å². The molecule has 1 N–H and O–H groups in total. The Morgan fingerprint density at radius 2 is 1.66 bits per heavy atom. The number of anilines is 1. The average molecular weight is 451 g/mol. The number of carbonyl (C=O) groups excluding carboxylic acids is 1. The molecule has 166 valence electrons. The largest absolute Gasteiger partial charge is 0.369 e. The number of pyridine rings is 1. The lowest BCUT2D eigenvalue weighted by Crippen LogP contribution is -2.48. The molecule has 0 spiro atoms. The molecule has 2 heterocycles. The van der Waals surface area contributed by atoms with Gasteiger partial charge >= 0.3 is 0 Å². The number of para-hydroxylation sites is 1. The number of nitrogens with zero attached hydrogens (tertiary/aromatic N) is 3. The highest BCUT2D eigenvalue weighted by Crippen LogP contribution is 2.22. The van der Waals surface area contributed by atoms with Crippen molar-refractivity contribution < 1.29 is 13.2 Å². The maximum Gasteiger partial charge on any atom is 0.251 e. The van der Waals surface area contributed by atoms with E-state index in [1.807, 2.05) is 55.5 Å². The second-order valence-corrected chi connectivity index (χ2v) is 9.64. The predicted octanol–water partition coefficient (Wildman–Crippen LogP) is 3.08. The molecule has 4 rings (SSSR count). The standard InChI is InChI=1S/C24H26N4O3S/c1-19(23-12-5-6-13-25-23)26-24(29)20-8-7-11-22(18-20)32(30,31)28-16-14-27(15-17-28)21-9-3-2-4-10-21/h2-13,18-19H,14-17H2,1H3,(H,26,29)/t19-/m0/s1. The quantitative estimate of drug-likeness (QED) is 0.624. The van der Waals surface area contributed by atoms with Gasteiger partial charge in [-0.15, -0.1) is 0 Å². The van der Waals surface area contributed by atoms with Crippen molar-refractivity contribution in [2.24, 2.45) is 0 Å². The summed E-state index contributed by atoms with van der Waals surface area (Å²) in [5, 5.41) is 2.88. The maximum absolute atomic E-state index is 13.2. The Balaban J connectivity index is 1.44. The number of carbonyl (C=O) groups is 1. The number of hydrogen-bond acceptors (Lipinski definition) is 5. The molecule has 1 aliphatic rings. The Morgan fingerprint density at radius 1 is 0.938 bits per heavy atom. The number of rotatable bonds is 6. The van der Waals surface area contributed by atoms with Gasteiger partial charge in [0, 0.05) is 43.6 Å². The fourth-order valence-electron chi connectivity index (χ4n) is 3.76. The first-order valence-corrected chi connectivity index (χ1v) is 12.0. The van der Waals surface area contributed by atoms with Crippen LogP contribution < -0.4 is 10.2 Å². The Kier molecular flexibility index (Phi) is 6.53. The molecule has 8 heteroatoms. The first-order valence-electron chi connectivity index (χ1n) is 10.6. The Bertz CT molecular complexity index is 1160. The second-order valence-electron chi connectivity index (χ2n) is 7.70. The van der Waals surface area contributed by atoms with Crippen LogP contribution in [-0.4, -0.2) is 49.8 Å². The molecule has 0 radical (unpaired) electrons. The van der Waals surface area contributed by atoms with Gasteiger partial charge in [-0.1, -0.05) is 30.3 Å². The van der Waals surface area contributed by atoms with Gasteiger partial charge in [0.05, 0.1) is 16.6 Å². The summed E-state index contributed by atoms with van der Waals surface area (Å²) in [6.07, 6.45) is 1.67. The zero-order valence-corrected chi connectivity index (χ0v) is 18.7. The molecule has 0 aliphatic carbocycles. The summed E-state index contributed by atoms with van der Waals surface area (Å²) in [4.78, 5) is 19.3. The van der Waals surface area contributed by atoms with Crippen LogP contribution in [0.5, 0.6) is 0 Å². The molecule has 3 aromatic rings. The molecular weight excluding hydrogens is 424 g/mol. The van der Waals surface area contributed by atoms with Crippen LogP contribution in [0.4, 0.5) is 5.69 Å². The van der Waals surface area contributed by atoms with Gasteiger partial charge in [-0.05, 0) is 49.4 Å². The smallest absolute Gasteiger partial charge is 0.251 e. The van der Waals surface area contributed by atoms with Gasteiger partial charge in [0.15, 0.2) is 0 Å². The maximum atomic E-state index is 13.2. The zero-order valence-electron chi connectivity index (χ0n) is 17.9. The van der Waals surface area contributed by atoms with Crippen LogP contribution in [0.3, 0.4) is 0 Å². The number of sulfonamides is 1. The van der Waals surface area contributed by atoms with E-state index >= 15 is 0 Å². The van der Waals surface area contributed by atoms with E-state index < -0.39 is 10.0 Å². The summed E-state index contributed by atoms with van der Waals surface area (Å²) >= 11 is 0. The fraction of sp³-hybridized carbons (Fsp3) is 0.250. The van der Waals surface area contributed by atoms with E-state index in [0.29, 0.717) is 31.7 Å². The Labute approximate surface area is 188 Å². The summed E-state index contributed by atoms with van der Waals surface area (Å²) in [7, 11) is -3.69. The van der Waals surface area contributed by atoms with Crippen LogP contribution >= 0.6 is 0 Å². The fourth-order valence-corrected chi connectivity index (χ4v) is 5.23. The van der Waals surface area contributed by atoms with E-state index in [4.69, 9.17) is 0 Å². The van der Waals surface area contributed by atoms with Crippen LogP contribution in [0.25, 0.3) is 0 Å². The Morgan fingerprint density at radius 3 is 2.34 bits per heavy atom. The molecule has 32 heavy (non-hydrogen) atoms. The van der Waals surface area contributed by atoms with E-state index in [1.54, 1.807) is 18.3 Å². The van der Waals surface area contributed by atoms with Crippen molar-refractivity contribution in [3.63, 3.8) is 0 Å². The minimum absolute atomic E-state index is 0.129. The first kappa shape index (κ1) is 22.0. The van der Waals surface area contributed by atoms with Gasteiger partial charge in [-0.25, -0.2) is 8.42 Å². The molecule has 2 aromatic carbocycles. The SMILES string of the molecule is C[C@H](NC(=O)c1cccc(S(=O)(=O)N2CCN(c3ccccc3)CC2)c1)c1ccccn1. The van der Waals surface area contributed by atoms with Crippen molar-refractivity contribution in [3.05, 3.63) is 90.3 Å². The van der Waals surface area contributed by atoms with E-state index in [2.05, 4.69) is 15.2 Å². The molecule has 1 fully saturated rings. The van der Waals surface area contributed by atoms with Gasteiger partial charge in [0.2, 0.25) is 10.0 Å². The molecule has 1 atom stereocenters. The molecule has 0 saturated carbocycles. The lowest BCUT2D eigenvalue weighted by molar-refractivity contribution is 0.0939. The van der Waals surface area contributed by atoms with Crippen LogP contribution in [0.15, 0.2) is 83.9 Å². The molecule has 1 amide bonds. The van der Waals surface area contributed by atoms with Crippen molar-refractivity contribution in [3.8, 4) is 0 Å². The third kappa shape index (κ3) is 4.81. The molecule has 1 saturated heterocycles. The van der Waals surface area contributed by atoms with E-state index in [-0.39, 0.29) is 16.8 Å². The van der Waals surface area contributed by atoms with Gasteiger partial charge in [0.1, 0.15) is 0 Å². The second kappa shape index (κ2) is 9.50. The molecular formula is C24H26N4O3S. The van der Waals surface area contributed by atoms with Gasteiger partial charge in [-0.2, -0.15) is 4.31 Å². The average Bonchev–Trinajstić information content (AvgIpc) is 2.85. The van der Waals surface area contributed by atoms with Crippen molar-refractivity contribution in [2.45, 2.75) is 17.9 Å². The molecule has 7 nitrogen and oxygen atoms in total. The van der Waals surface area contributed by atoms with Gasteiger partial charge < -0.3 is 10.2 Å². The summed E-state index contributed by atoms with van der Waals surface area (Å²) in [6.45, 7) is 3.86. The van der Waals surface area contributed by atoms with Crippen LogP contribution in [0.2, 0.25) is 0 Å². The number of hydrogen-bond donors (Lipinski definition) is 1. The van der Waals surface area contributed by atoms with Crippen LogP contribution in [0.1, 0.15) is 29.0 Å². The van der Waals surface area contributed by atoms with Gasteiger partial charge in [-0.3, -0.25) is 9.78 Å². The highest BCUT2D eigenvalue weighted by Gasteiger charge is 2.29. The topological polar surface area (TPSA) is 82.6 Å². The van der Waals surface area contributed by atoms with Crippen molar-refractivity contribution in [1.29, 1.82) is 0 Å². The number of amides is 1. The van der Waals surface area contributed by atoms with E-state index in [9.17, 15) is 13.2 Å². The first-order chi connectivity index (χ1) is 15.4. The van der Waals surface area contributed by atoms with Crippen molar-refractivity contribution in [2.75, 3.05) is 31.1 Å². The lowest BCUT2D eigenvalue weighted by Gasteiger charge is -2.35. The van der Waals surface area contributed by atoms with E-state index in [0.717, 1.165) is 11.4 Å². The third-order valence-electron chi connectivity index (χ3n) is 5.57. The highest BCUT2D eigenvalue weighted by atomic mass is 32.2. The number of benzene rings is 2. The van der Waals surface area contributed by atoms with Crippen molar-refractivity contribution in [1.82, 2.24) is 14.6 Å². The normalized spacial score (nSPS) is 15.8. The predicted molar refractivity (Wildman–Crippen MR) is 124 cm³/mol. The number of nitrogens with one attached hydrogen (secondary N) is 1. The summed E-state index contributed by atoms with van der Waals surface area (Å²) in [5.41, 5.74) is 2.13. The van der Waals surface area contributed by atoms with Crippen LogP contribution in [-0.2, 0) is 10.0 Å². The number of aromatic nitrogens is 1. The summed E-state index contributed by atoms with van der Waals surface area (Å²) in [5.74, 6) is -0.339. The summed E-state index contributed by atoms with van der Waals surface area (Å²) in [6, 6.07) is 21.4. The number of piperazine rings is 1. The zero-order chi connectivity index (χ0) is 22.6. The van der Waals surface area contributed by atoms with Crippen LogP contribution in [0, 0.1) is 0 Å². The molecule has 1 aromatic heterocycles. The third-order valence-corrected chi connectivity index (χ3v) is 7.47. The monoisotopic (exact) mass is 450 g/mol. The molecule has 0 unspecified atom stereocenters. The Hall–Kier alpha value is -3.23. The summed E-state index contributed by atoms with van der Waals surface area (Å²) < 4.78 is 27.9. The minimum atomic E-state index is -3.69. The molecule has 0 bridgehead atoms. The minimum Gasteiger partial charge on any atom is -0.369 e. The van der Waals surface area contributed by atoms with Gasteiger partial charge in [0.25, 0.3) is 5.91 Å². The highest BCUT2D eigenvalue weighted by molar-refractivity contribution is 7.89. The van der Waals surface area contributed by atoms with Crippen molar-refractivity contribution >= 4 is 21.6 Å².